The number of hydrogen-bond acceptors (Lipinski definition) is 4. The minimum absolute atomic E-state index is 0.0189. The summed E-state index contributed by atoms with van der Waals surface area (Å²) in [7, 11) is 0. The van der Waals surface area contributed by atoms with E-state index < -0.39 is 0 Å². The van der Waals surface area contributed by atoms with E-state index in [4.69, 9.17) is 0 Å². The molecular formula is C20H32N4O2. The zero-order valence-corrected chi connectivity index (χ0v) is 16.1. The fraction of sp³-hybridized carbons (Fsp3) is 0.650. The third-order valence-corrected chi connectivity index (χ3v) is 5.05. The van der Waals surface area contributed by atoms with Gasteiger partial charge in [0.2, 0.25) is 11.8 Å². The van der Waals surface area contributed by atoms with Crippen LogP contribution in [-0.2, 0) is 9.59 Å². The highest BCUT2D eigenvalue weighted by Gasteiger charge is 2.24. The van der Waals surface area contributed by atoms with Crippen LogP contribution in [0.5, 0.6) is 0 Å². The lowest BCUT2D eigenvalue weighted by molar-refractivity contribution is -0.131. The van der Waals surface area contributed by atoms with Crippen molar-refractivity contribution in [3.05, 3.63) is 30.1 Å². The minimum Gasteiger partial charge on any atom is -0.354 e. The molecule has 1 saturated heterocycles. The molecule has 1 fully saturated rings. The van der Waals surface area contributed by atoms with E-state index in [0.29, 0.717) is 25.8 Å². The van der Waals surface area contributed by atoms with E-state index in [1.54, 1.807) is 6.20 Å². The maximum atomic E-state index is 12.2. The Labute approximate surface area is 157 Å². The van der Waals surface area contributed by atoms with E-state index in [2.05, 4.69) is 21.3 Å². The van der Waals surface area contributed by atoms with Crippen LogP contribution >= 0.6 is 0 Å². The number of rotatable bonds is 10. The summed E-state index contributed by atoms with van der Waals surface area (Å²) < 4.78 is 0. The largest absolute Gasteiger partial charge is 0.354 e. The average Bonchev–Trinajstić information content (AvgIpc) is 3.18. The molecule has 0 aromatic carbocycles. The monoisotopic (exact) mass is 360 g/mol. The summed E-state index contributed by atoms with van der Waals surface area (Å²) in [5.74, 6) is 0.151. The number of aromatic nitrogens is 1. The van der Waals surface area contributed by atoms with Gasteiger partial charge >= 0.3 is 0 Å². The van der Waals surface area contributed by atoms with E-state index in [1.165, 1.54) is 12.8 Å². The highest BCUT2D eigenvalue weighted by molar-refractivity contribution is 5.78. The molecule has 0 saturated carbocycles. The predicted octanol–water partition coefficient (Wildman–Crippen LogP) is 2.37. The molecule has 6 heteroatoms. The van der Waals surface area contributed by atoms with Gasteiger partial charge in [0, 0.05) is 44.9 Å². The van der Waals surface area contributed by atoms with Crippen LogP contribution < -0.4 is 5.32 Å². The molecule has 0 radical (unpaired) electrons. The van der Waals surface area contributed by atoms with Gasteiger partial charge < -0.3 is 10.2 Å². The molecule has 144 valence electrons. The fourth-order valence-corrected chi connectivity index (χ4v) is 3.52. The van der Waals surface area contributed by atoms with Gasteiger partial charge in [-0.1, -0.05) is 6.07 Å². The molecule has 1 atom stereocenters. The Balaban J connectivity index is 1.79. The SMILES string of the molecule is CCN(CC)C(=O)CCCC(=O)NCC(c1cccnc1)N1CCCC1. The first-order valence-electron chi connectivity index (χ1n) is 9.84. The molecule has 0 aliphatic carbocycles. The van der Waals surface area contributed by atoms with Crippen molar-refractivity contribution in [3.63, 3.8) is 0 Å². The van der Waals surface area contributed by atoms with Crippen molar-refractivity contribution in [2.75, 3.05) is 32.7 Å². The van der Waals surface area contributed by atoms with Crippen LogP contribution in [0.3, 0.4) is 0 Å². The number of nitrogens with one attached hydrogen (secondary N) is 1. The van der Waals surface area contributed by atoms with Crippen LogP contribution in [0.1, 0.15) is 57.6 Å². The summed E-state index contributed by atoms with van der Waals surface area (Å²) in [6.45, 7) is 8.13. The van der Waals surface area contributed by atoms with E-state index in [0.717, 1.165) is 31.7 Å². The van der Waals surface area contributed by atoms with Crippen molar-refractivity contribution < 1.29 is 9.59 Å². The summed E-state index contributed by atoms with van der Waals surface area (Å²) in [5, 5.41) is 3.06. The van der Waals surface area contributed by atoms with Gasteiger partial charge in [-0.2, -0.15) is 0 Å². The van der Waals surface area contributed by atoms with Crippen LogP contribution in [0.2, 0.25) is 0 Å². The lowest BCUT2D eigenvalue weighted by Crippen LogP contribution is -2.37. The summed E-state index contributed by atoms with van der Waals surface area (Å²) in [6, 6.07) is 4.19. The number of hydrogen-bond donors (Lipinski definition) is 1. The van der Waals surface area contributed by atoms with Crippen LogP contribution in [0.25, 0.3) is 0 Å². The third-order valence-electron chi connectivity index (χ3n) is 5.05. The zero-order chi connectivity index (χ0) is 18.8. The number of carbonyl (C=O) groups excluding carboxylic acids is 2. The second-order valence-corrected chi connectivity index (χ2v) is 6.77. The Hall–Kier alpha value is -1.95. The number of nitrogens with zero attached hydrogens (tertiary/aromatic N) is 3. The van der Waals surface area contributed by atoms with Crippen molar-refractivity contribution in [2.45, 2.75) is 52.0 Å². The Kier molecular flexibility index (Phi) is 8.54. The van der Waals surface area contributed by atoms with Crippen LogP contribution in [0.15, 0.2) is 24.5 Å². The molecule has 1 aromatic rings. The van der Waals surface area contributed by atoms with Crippen molar-refractivity contribution >= 4 is 11.8 Å². The van der Waals surface area contributed by atoms with Gasteiger partial charge in [-0.25, -0.2) is 0 Å². The maximum Gasteiger partial charge on any atom is 0.222 e. The molecule has 0 spiro atoms. The van der Waals surface area contributed by atoms with Crippen molar-refractivity contribution in [2.24, 2.45) is 0 Å². The molecule has 1 aromatic heterocycles. The Morgan fingerprint density at radius 2 is 1.96 bits per heavy atom. The molecule has 1 N–H and O–H groups in total. The molecule has 26 heavy (non-hydrogen) atoms. The fourth-order valence-electron chi connectivity index (χ4n) is 3.52. The van der Waals surface area contributed by atoms with Gasteiger partial charge in [0.05, 0.1) is 6.04 Å². The Morgan fingerprint density at radius 3 is 2.58 bits per heavy atom. The first kappa shape index (κ1) is 20.4. The van der Waals surface area contributed by atoms with E-state index in [-0.39, 0.29) is 17.9 Å². The smallest absolute Gasteiger partial charge is 0.222 e. The van der Waals surface area contributed by atoms with E-state index in [1.807, 2.05) is 31.0 Å². The van der Waals surface area contributed by atoms with Crippen molar-refractivity contribution in [3.8, 4) is 0 Å². The van der Waals surface area contributed by atoms with Crippen molar-refractivity contribution in [1.82, 2.24) is 20.1 Å². The summed E-state index contributed by atoms with van der Waals surface area (Å²) in [5.41, 5.74) is 1.14. The molecule has 2 heterocycles. The highest BCUT2D eigenvalue weighted by atomic mass is 16.2. The maximum absolute atomic E-state index is 12.2. The van der Waals surface area contributed by atoms with Gasteiger partial charge in [-0.3, -0.25) is 19.5 Å². The van der Waals surface area contributed by atoms with Gasteiger partial charge in [0.15, 0.2) is 0 Å². The molecule has 2 amide bonds. The standard InChI is InChI=1S/C20H32N4O2/c1-3-23(4-2)20(26)11-7-10-19(25)22-16-18(24-13-5-6-14-24)17-9-8-12-21-15-17/h8-9,12,15,18H,3-7,10-11,13-14,16H2,1-2H3,(H,22,25). The second kappa shape index (κ2) is 10.9. The Bertz CT molecular complexity index is 554. The topological polar surface area (TPSA) is 65.5 Å². The number of pyridine rings is 1. The second-order valence-electron chi connectivity index (χ2n) is 6.77. The normalized spacial score (nSPS) is 15.6. The van der Waals surface area contributed by atoms with Gasteiger partial charge in [-0.15, -0.1) is 0 Å². The first-order chi connectivity index (χ1) is 12.7. The highest BCUT2D eigenvalue weighted by Crippen LogP contribution is 2.23. The van der Waals surface area contributed by atoms with E-state index in [9.17, 15) is 9.59 Å². The van der Waals surface area contributed by atoms with Gasteiger partial charge in [-0.05, 0) is 57.8 Å². The molecule has 6 nitrogen and oxygen atoms in total. The van der Waals surface area contributed by atoms with Gasteiger partial charge in [0.25, 0.3) is 0 Å². The molecule has 1 aliphatic heterocycles. The molecule has 1 unspecified atom stereocenters. The van der Waals surface area contributed by atoms with Gasteiger partial charge in [0.1, 0.15) is 0 Å². The molecule has 2 rings (SSSR count). The predicted molar refractivity (Wildman–Crippen MR) is 103 cm³/mol. The molecule has 1 aliphatic rings. The average molecular weight is 361 g/mol. The lowest BCUT2D eigenvalue weighted by atomic mass is 10.1. The van der Waals surface area contributed by atoms with Crippen LogP contribution in [-0.4, -0.2) is 59.3 Å². The third kappa shape index (κ3) is 6.09. The van der Waals surface area contributed by atoms with Crippen molar-refractivity contribution in [1.29, 1.82) is 0 Å². The first-order valence-corrected chi connectivity index (χ1v) is 9.84. The Morgan fingerprint density at radius 1 is 1.23 bits per heavy atom. The number of amides is 2. The molecular weight excluding hydrogens is 328 g/mol. The minimum atomic E-state index is 0.0189. The summed E-state index contributed by atoms with van der Waals surface area (Å²) in [4.78, 5) is 32.7. The quantitative estimate of drug-likeness (QED) is 0.696. The number of likely N-dealkylation sites (tertiary alicyclic amines) is 1. The lowest BCUT2D eigenvalue weighted by Gasteiger charge is -2.28. The van der Waals surface area contributed by atoms with Crippen LogP contribution in [0.4, 0.5) is 0 Å². The zero-order valence-electron chi connectivity index (χ0n) is 16.1. The summed E-state index contributed by atoms with van der Waals surface area (Å²) >= 11 is 0. The number of carbonyl (C=O) groups is 2. The molecule has 0 bridgehead atoms. The van der Waals surface area contributed by atoms with E-state index >= 15 is 0 Å². The van der Waals surface area contributed by atoms with Crippen LogP contribution in [0, 0.1) is 0 Å². The summed E-state index contributed by atoms with van der Waals surface area (Å²) in [6.07, 6.45) is 7.51.